The van der Waals surface area contributed by atoms with Crippen LogP contribution < -0.4 is 10.9 Å². The van der Waals surface area contributed by atoms with Gasteiger partial charge in [0.15, 0.2) is 11.6 Å². The van der Waals surface area contributed by atoms with Crippen molar-refractivity contribution >= 4 is 34.9 Å². The number of halogens is 5. The van der Waals surface area contributed by atoms with Gasteiger partial charge in [0.2, 0.25) is 0 Å². The van der Waals surface area contributed by atoms with Crippen LogP contribution in [0.2, 0.25) is 10.0 Å². The molecule has 3 rings (SSSR count). The van der Waals surface area contributed by atoms with E-state index in [0.717, 1.165) is 5.56 Å². The summed E-state index contributed by atoms with van der Waals surface area (Å²) in [5.41, 5.74) is 4.79. The normalized spacial score (nSPS) is 11.4. The molecule has 0 aliphatic rings. The van der Waals surface area contributed by atoms with Gasteiger partial charge < -0.3 is 0 Å². The van der Waals surface area contributed by atoms with E-state index in [9.17, 15) is 18.0 Å². The first-order chi connectivity index (χ1) is 13.2. The fraction of sp³-hybridized carbons (Fsp3) is 0.118. The molecule has 0 spiro atoms. The molecule has 0 radical (unpaired) electrons. The highest BCUT2D eigenvalue weighted by Gasteiger charge is 2.31. The Morgan fingerprint density at radius 2 is 1.89 bits per heavy atom. The molecule has 11 heteroatoms. The van der Waals surface area contributed by atoms with Gasteiger partial charge in [-0.25, -0.2) is 9.97 Å². The van der Waals surface area contributed by atoms with Crippen LogP contribution in [-0.2, 0) is 6.18 Å². The molecule has 6 nitrogen and oxygen atoms in total. The number of amides is 1. The Morgan fingerprint density at radius 3 is 2.54 bits per heavy atom. The van der Waals surface area contributed by atoms with Crippen LogP contribution >= 0.6 is 23.2 Å². The zero-order valence-electron chi connectivity index (χ0n) is 14.2. The van der Waals surface area contributed by atoms with E-state index < -0.39 is 17.6 Å². The first kappa shape index (κ1) is 20.0. The van der Waals surface area contributed by atoms with Crippen LogP contribution in [0, 0.1) is 6.92 Å². The Morgan fingerprint density at radius 1 is 1.14 bits per heavy atom. The zero-order chi connectivity index (χ0) is 20.5. The fourth-order valence-electron chi connectivity index (χ4n) is 2.32. The highest BCUT2D eigenvalue weighted by Crippen LogP contribution is 2.32. The standard InChI is InChI=1S/C17H12Cl2F3N5O/c1-9-5-12(19)15(24-7-9)27-4-2-3-13(27)16(28)26-25-14-11(18)6-10(8-23-14)17(20,21)22/h2-8H,1H3,(H,23,25)(H,26,28). The van der Waals surface area contributed by atoms with E-state index in [1.165, 1.54) is 10.6 Å². The summed E-state index contributed by atoms with van der Waals surface area (Å²) in [6.45, 7) is 1.83. The van der Waals surface area contributed by atoms with Crippen LogP contribution in [0.4, 0.5) is 19.0 Å². The van der Waals surface area contributed by atoms with Crippen molar-refractivity contribution < 1.29 is 18.0 Å². The summed E-state index contributed by atoms with van der Waals surface area (Å²) in [7, 11) is 0. The summed E-state index contributed by atoms with van der Waals surface area (Å²) in [5.74, 6) is -0.373. The van der Waals surface area contributed by atoms with Gasteiger partial charge in [-0.05, 0) is 36.8 Å². The van der Waals surface area contributed by atoms with Gasteiger partial charge in [-0.3, -0.25) is 20.2 Å². The number of aryl methyl sites for hydroxylation is 1. The number of aromatic nitrogens is 3. The van der Waals surface area contributed by atoms with E-state index in [4.69, 9.17) is 23.2 Å². The molecule has 146 valence electrons. The van der Waals surface area contributed by atoms with Crippen LogP contribution in [0.15, 0.2) is 42.9 Å². The molecule has 0 unspecified atom stereocenters. The van der Waals surface area contributed by atoms with Crippen LogP contribution in [-0.4, -0.2) is 20.4 Å². The van der Waals surface area contributed by atoms with E-state index in [0.29, 0.717) is 23.1 Å². The summed E-state index contributed by atoms with van der Waals surface area (Å²) in [4.78, 5) is 20.3. The topological polar surface area (TPSA) is 71.8 Å². The molecule has 0 aliphatic heterocycles. The average molecular weight is 430 g/mol. The molecule has 3 aromatic heterocycles. The molecular formula is C17H12Cl2F3N5O. The maximum atomic E-state index is 12.7. The maximum Gasteiger partial charge on any atom is 0.417 e. The van der Waals surface area contributed by atoms with Crippen LogP contribution in [0.5, 0.6) is 0 Å². The maximum absolute atomic E-state index is 12.7. The Labute approximate surface area is 167 Å². The molecule has 3 heterocycles. The van der Waals surface area contributed by atoms with E-state index in [-0.39, 0.29) is 16.5 Å². The van der Waals surface area contributed by atoms with E-state index in [1.54, 1.807) is 24.5 Å². The second-order valence-corrected chi connectivity index (χ2v) is 6.53. The smallest absolute Gasteiger partial charge is 0.295 e. The van der Waals surface area contributed by atoms with Crippen molar-refractivity contribution in [2.24, 2.45) is 0 Å². The van der Waals surface area contributed by atoms with Gasteiger partial charge in [-0.15, -0.1) is 0 Å². The fourth-order valence-corrected chi connectivity index (χ4v) is 2.84. The minimum absolute atomic E-state index is 0.132. The SMILES string of the molecule is Cc1cnc(-n2cccc2C(=O)NNc2ncc(C(F)(F)F)cc2Cl)c(Cl)c1. The molecular weight excluding hydrogens is 418 g/mol. The molecule has 28 heavy (non-hydrogen) atoms. The molecule has 0 saturated carbocycles. The third-order valence-corrected chi connectivity index (χ3v) is 4.20. The molecule has 0 bridgehead atoms. The summed E-state index contributed by atoms with van der Waals surface area (Å²) in [5, 5.41) is 0.0550. The number of carbonyl (C=O) groups excluding carboxylic acids is 1. The quantitative estimate of drug-likeness (QED) is 0.591. The summed E-state index contributed by atoms with van der Waals surface area (Å²) < 4.78 is 39.4. The number of alkyl halides is 3. The second-order valence-electron chi connectivity index (χ2n) is 5.71. The lowest BCUT2D eigenvalue weighted by Crippen LogP contribution is -2.31. The molecule has 0 fully saturated rings. The van der Waals surface area contributed by atoms with Crippen molar-refractivity contribution in [2.45, 2.75) is 13.1 Å². The number of nitrogens with zero attached hydrogens (tertiary/aromatic N) is 3. The molecule has 2 N–H and O–H groups in total. The second kappa shape index (κ2) is 7.69. The predicted molar refractivity (Wildman–Crippen MR) is 98.6 cm³/mol. The predicted octanol–water partition coefficient (Wildman–Crippen LogP) is 4.66. The lowest BCUT2D eigenvalue weighted by atomic mass is 10.3. The monoisotopic (exact) mass is 429 g/mol. The van der Waals surface area contributed by atoms with Gasteiger partial charge in [-0.2, -0.15) is 13.2 Å². The molecule has 0 atom stereocenters. The Kier molecular flexibility index (Phi) is 5.48. The number of hydrogen-bond donors (Lipinski definition) is 2. The minimum atomic E-state index is -4.57. The lowest BCUT2D eigenvalue weighted by Gasteiger charge is -2.13. The third-order valence-electron chi connectivity index (χ3n) is 3.63. The Hall–Kier alpha value is -2.78. The summed E-state index contributed by atoms with van der Waals surface area (Å²) in [6.07, 6.45) is -0.756. The number of rotatable bonds is 4. The number of carbonyl (C=O) groups is 1. The molecule has 1 amide bonds. The van der Waals surface area contributed by atoms with Crippen molar-refractivity contribution in [3.63, 3.8) is 0 Å². The van der Waals surface area contributed by atoms with Gasteiger partial charge in [-0.1, -0.05) is 23.2 Å². The van der Waals surface area contributed by atoms with Gasteiger partial charge in [0.1, 0.15) is 5.69 Å². The summed E-state index contributed by atoms with van der Waals surface area (Å²) in [6, 6.07) is 5.56. The molecule has 3 aromatic rings. The van der Waals surface area contributed by atoms with Gasteiger partial charge in [0, 0.05) is 18.6 Å². The van der Waals surface area contributed by atoms with Gasteiger partial charge in [0.05, 0.1) is 15.6 Å². The Bertz CT molecular complexity index is 1040. The van der Waals surface area contributed by atoms with E-state index >= 15 is 0 Å². The van der Waals surface area contributed by atoms with Crippen LogP contribution in [0.1, 0.15) is 21.6 Å². The zero-order valence-corrected chi connectivity index (χ0v) is 15.7. The van der Waals surface area contributed by atoms with Crippen molar-refractivity contribution in [1.82, 2.24) is 20.0 Å². The van der Waals surface area contributed by atoms with Crippen LogP contribution in [0.3, 0.4) is 0 Å². The molecule has 0 saturated heterocycles. The average Bonchev–Trinajstić information content (AvgIpc) is 3.09. The first-order valence-electron chi connectivity index (χ1n) is 7.76. The number of pyridine rings is 2. The van der Waals surface area contributed by atoms with Crippen molar-refractivity contribution in [3.8, 4) is 5.82 Å². The van der Waals surface area contributed by atoms with Crippen LogP contribution in [0.25, 0.3) is 5.82 Å². The van der Waals surface area contributed by atoms with Crippen molar-refractivity contribution in [2.75, 3.05) is 5.43 Å². The van der Waals surface area contributed by atoms with E-state index in [2.05, 4.69) is 20.8 Å². The minimum Gasteiger partial charge on any atom is -0.295 e. The number of anilines is 1. The highest BCUT2D eigenvalue weighted by atomic mass is 35.5. The van der Waals surface area contributed by atoms with Crippen molar-refractivity contribution in [1.29, 1.82) is 0 Å². The van der Waals surface area contributed by atoms with Gasteiger partial charge >= 0.3 is 6.18 Å². The number of hydrogen-bond acceptors (Lipinski definition) is 4. The lowest BCUT2D eigenvalue weighted by molar-refractivity contribution is -0.137. The molecule has 0 aliphatic carbocycles. The highest BCUT2D eigenvalue weighted by molar-refractivity contribution is 6.33. The van der Waals surface area contributed by atoms with Crippen molar-refractivity contribution in [3.05, 3.63) is 69.7 Å². The Balaban J connectivity index is 1.78. The van der Waals surface area contributed by atoms with E-state index in [1.807, 2.05) is 6.92 Å². The van der Waals surface area contributed by atoms with Gasteiger partial charge in [0.25, 0.3) is 5.91 Å². The molecule has 0 aromatic carbocycles. The third kappa shape index (κ3) is 4.20. The largest absolute Gasteiger partial charge is 0.417 e. The first-order valence-corrected chi connectivity index (χ1v) is 8.51. The number of hydrazine groups is 1. The summed E-state index contributed by atoms with van der Waals surface area (Å²) >= 11 is 12.0. The number of nitrogens with one attached hydrogen (secondary N) is 2.